The van der Waals surface area contributed by atoms with Crippen molar-refractivity contribution in [2.24, 2.45) is 11.8 Å². The van der Waals surface area contributed by atoms with Crippen molar-refractivity contribution >= 4 is 0 Å². The van der Waals surface area contributed by atoms with Gasteiger partial charge in [0.25, 0.3) is 0 Å². The maximum absolute atomic E-state index is 3.72. The first kappa shape index (κ1) is 8.58. The Bertz CT molecular complexity index is 165. The van der Waals surface area contributed by atoms with Crippen molar-refractivity contribution in [2.45, 2.75) is 33.1 Å². The van der Waals surface area contributed by atoms with E-state index in [2.05, 4.69) is 26.5 Å². The van der Waals surface area contributed by atoms with Crippen molar-refractivity contribution in [1.29, 1.82) is 0 Å². The van der Waals surface area contributed by atoms with Crippen LogP contribution in [-0.2, 0) is 0 Å². The van der Waals surface area contributed by atoms with E-state index in [-0.39, 0.29) is 0 Å². The molecule has 0 amide bonds. The van der Waals surface area contributed by atoms with Crippen LogP contribution in [0, 0.1) is 11.8 Å². The minimum absolute atomic E-state index is 0.841. The molecular formula is C11H18. The van der Waals surface area contributed by atoms with Gasteiger partial charge in [0.05, 0.1) is 0 Å². The standard InChI is InChI=1S/C11H18/c1-4-6-9(2)11-8-5-7-10(11)3/h4,6,10-11H,1,5,7-8H2,2-3H3/b9-6+/t10-,11?/m1/s1. The van der Waals surface area contributed by atoms with Crippen LogP contribution in [0.3, 0.4) is 0 Å². The van der Waals surface area contributed by atoms with Crippen molar-refractivity contribution in [3.63, 3.8) is 0 Å². The van der Waals surface area contributed by atoms with E-state index >= 15 is 0 Å². The first-order valence-corrected chi connectivity index (χ1v) is 4.55. The molecule has 0 heteroatoms. The molecule has 0 aliphatic heterocycles. The molecule has 0 nitrogen and oxygen atoms in total. The van der Waals surface area contributed by atoms with Gasteiger partial charge in [0.1, 0.15) is 0 Å². The maximum atomic E-state index is 3.72. The van der Waals surface area contributed by atoms with E-state index in [0.717, 1.165) is 11.8 Å². The molecule has 0 saturated heterocycles. The third kappa shape index (κ3) is 1.95. The molecule has 0 spiro atoms. The Kier molecular flexibility index (Phi) is 2.92. The van der Waals surface area contributed by atoms with Gasteiger partial charge in [0.2, 0.25) is 0 Å². The van der Waals surface area contributed by atoms with Crippen LogP contribution in [0.15, 0.2) is 24.3 Å². The average Bonchev–Trinajstić information content (AvgIpc) is 2.36. The van der Waals surface area contributed by atoms with Gasteiger partial charge >= 0.3 is 0 Å². The lowest BCUT2D eigenvalue weighted by atomic mass is 9.91. The van der Waals surface area contributed by atoms with Crippen LogP contribution in [0.4, 0.5) is 0 Å². The molecule has 1 rings (SSSR count). The zero-order chi connectivity index (χ0) is 8.27. The van der Waals surface area contributed by atoms with Gasteiger partial charge in [-0.15, -0.1) is 0 Å². The Morgan fingerprint density at radius 1 is 1.45 bits per heavy atom. The molecule has 0 radical (unpaired) electrons. The van der Waals surface area contributed by atoms with Gasteiger partial charge in [0, 0.05) is 0 Å². The Balaban J connectivity index is 2.58. The SMILES string of the molecule is C=C/C=C(\C)C1CCC[C@H]1C. The summed E-state index contributed by atoms with van der Waals surface area (Å²) in [6.45, 7) is 8.31. The molecule has 0 aromatic rings. The second kappa shape index (κ2) is 3.75. The fourth-order valence-corrected chi connectivity index (χ4v) is 2.13. The van der Waals surface area contributed by atoms with Crippen molar-refractivity contribution < 1.29 is 0 Å². The molecule has 1 saturated carbocycles. The number of allylic oxidation sites excluding steroid dienone is 3. The second-order valence-corrected chi connectivity index (χ2v) is 3.66. The van der Waals surface area contributed by atoms with Gasteiger partial charge < -0.3 is 0 Å². The van der Waals surface area contributed by atoms with Crippen molar-refractivity contribution in [1.82, 2.24) is 0 Å². The molecule has 0 aromatic carbocycles. The molecule has 2 atom stereocenters. The second-order valence-electron chi connectivity index (χ2n) is 3.66. The summed E-state index contributed by atoms with van der Waals surface area (Å²) >= 11 is 0. The fourth-order valence-electron chi connectivity index (χ4n) is 2.13. The Morgan fingerprint density at radius 3 is 2.64 bits per heavy atom. The molecule has 1 fully saturated rings. The first-order valence-electron chi connectivity index (χ1n) is 4.55. The van der Waals surface area contributed by atoms with Gasteiger partial charge in [-0.1, -0.05) is 44.1 Å². The van der Waals surface area contributed by atoms with Crippen LogP contribution >= 0.6 is 0 Å². The zero-order valence-corrected chi connectivity index (χ0v) is 7.64. The fraction of sp³-hybridized carbons (Fsp3) is 0.636. The Hall–Kier alpha value is -0.520. The summed E-state index contributed by atoms with van der Waals surface area (Å²) in [4.78, 5) is 0. The lowest BCUT2D eigenvalue weighted by Crippen LogP contribution is -2.04. The van der Waals surface area contributed by atoms with Gasteiger partial charge in [-0.25, -0.2) is 0 Å². The molecule has 0 N–H and O–H groups in total. The highest BCUT2D eigenvalue weighted by Gasteiger charge is 2.23. The summed E-state index contributed by atoms with van der Waals surface area (Å²) in [5.74, 6) is 1.74. The van der Waals surface area contributed by atoms with E-state index in [4.69, 9.17) is 0 Å². The lowest BCUT2D eigenvalue weighted by Gasteiger charge is -2.15. The van der Waals surface area contributed by atoms with Crippen LogP contribution in [0.25, 0.3) is 0 Å². The van der Waals surface area contributed by atoms with Crippen molar-refractivity contribution in [3.05, 3.63) is 24.3 Å². The number of hydrogen-bond donors (Lipinski definition) is 0. The topological polar surface area (TPSA) is 0 Å². The Morgan fingerprint density at radius 2 is 2.18 bits per heavy atom. The minimum Gasteiger partial charge on any atom is -0.0991 e. The highest BCUT2D eigenvalue weighted by atomic mass is 14.3. The highest BCUT2D eigenvalue weighted by Crippen LogP contribution is 2.35. The monoisotopic (exact) mass is 150 g/mol. The lowest BCUT2D eigenvalue weighted by molar-refractivity contribution is 0.480. The maximum Gasteiger partial charge on any atom is -0.0177 e. The van der Waals surface area contributed by atoms with E-state index < -0.39 is 0 Å². The summed E-state index contributed by atoms with van der Waals surface area (Å²) < 4.78 is 0. The van der Waals surface area contributed by atoms with Crippen molar-refractivity contribution in [3.8, 4) is 0 Å². The highest BCUT2D eigenvalue weighted by molar-refractivity contribution is 5.13. The summed E-state index contributed by atoms with van der Waals surface area (Å²) in [7, 11) is 0. The third-order valence-electron chi connectivity index (χ3n) is 2.83. The van der Waals surface area contributed by atoms with Crippen LogP contribution in [-0.4, -0.2) is 0 Å². The smallest absolute Gasteiger partial charge is 0.0177 e. The predicted octanol–water partition coefficient (Wildman–Crippen LogP) is 3.55. The molecule has 0 aromatic heterocycles. The molecule has 62 valence electrons. The molecular weight excluding hydrogens is 132 g/mol. The van der Waals surface area contributed by atoms with E-state index in [1.54, 1.807) is 0 Å². The van der Waals surface area contributed by atoms with Crippen LogP contribution in [0.1, 0.15) is 33.1 Å². The quantitative estimate of drug-likeness (QED) is 0.528. The summed E-state index contributed by atoms with van der Waals surface area (Å²) in [6, 6.07) is 0. The minimum atomic E-state index is 0.841. The molecule has 1 aliphatic rings. The Labute approximate surface area is 70.0 Å². The van der Waals surface area contributed by atoms with Gasteiger partial charge in [-0.2, -0.15) is 0 Å². The van der Waals surface area contributed by atoms with E-state index in [1.165, 1.54) is 24.8 Å². The van der Waals surface area contributed by atoms with E-state index in [0.29, 0.717) is 0 Å². The molecule has 1 aliphatic carbocycles. The molecule has 0 bridgehead atoms. The predicted molar refractivity (Wildman–Crippen MR) is 50.5 cm³/mol. The van der Waals surface area contributed by atoms with Gasteiger partial charge in [0.15, 0.2) is 0 Å². The summed E-state index contributed by atoms with van der Waals surface area (Å²) in [5, 5.41) is 0. The third-order valence-corrected chi connectivity index (χ3v) is 2.83. The molecule has 11 heavy (non-hydrogen) atoms. The van der Waals surface area contributed by atoms with Gasteiger partial charge in [-0.05, 0) is 25.2 Å². The first-order chi connectivity index (χ1) is 5.25. The van der Waals surface area contributed by atoms with E-state index in [9.17, 15) is 0 Å². The van der Waals surface area contributed by atoms with Gasteiger partial charge in [-0.3, -0.25) is 0 Å². The molecule has 1 unspecified atom stereocenters. The van der Waals surface area contributed by atoms with Crippen molar-refractivity contribution in [2.75, 3.05) is 0 Å². The average molecular weight is 150 g/mol. The summed E-state index contributed by atoms with van der Waals surface area (Å²) in [6.07, 6.45) is 8.27. The zero-order valence-electron chi connectivity index (χ0n) is 7.64. The van der Waals surface area contributed by atoms with E-state index in [1.807, 2.05) is 6.08 Å². The van der Waals surface area contributed by atoms with Crippen LogP contribution in [0.2, 0.25) is 0 Å². The molecule has 0 heterocycles. The number of hydrogen-bond acceptors (Lipinski definition) is 0. The summed E-state index contributed by atoms with van der Waals surface area (Å²) in [5.41, 5.74) is 1.52. The van der Waals surface area contributed by atoms with Crippen LogP contribution < -0.4 is 0 Å². The normalized spacial score (nSPS) is 32.4. The largest absolute Gasteiger partial charge is 0.0991 e. The number of rotatable bonds is 2. The van der Waals surface area contributed by atoms with Crippen LogP contribution in [0.5, 0.6) is 0 Å².